The summed E-state index contributed by atoms with van der Waals surface area (Å²) in [6.45, 7) is 0.600. The number of carbonyl (C=O) groups excluding carboxylic acids is 1. The molecule has 3 aromatic rings. The van der Waals surface area contributed by atoms with Gasteiger partial charge in [0, 0.05) is 30.7 Å². The van der Waals surface area contributed by atoms with Gasteiger partial charge in [0.15, 0.2) is 0 Å². The van der Waals surface area contributed by atoms with E-state index in [1.807, 2.05) is 12.1 Å². The van der Waals surface area contributed by atoms with Crippen LogP contribution in [0.4, 0.5) is 11.6 Å². The Morgan fingerprint density at radius 2 is 1.92 bits per heavy atom. The molecule has 0 aliphatic heterocycles. The highest BCUT2D eigenvalue weighted by atomic mass is 35.5. The fourth-order valence-corrected chi connectivity index (χ4v) is 2.25. The number of nitrogens with zero attached hydrogens (tertiary/aromatic N) is 4. The molecule has 3 heterocycles. The summed E-state index contributed by atoms with van der Waals surface area (Å²) in [5, 5.41) is 6.11. The maximum atomic E-state index is 10.6. The molecule has 0 fully saturated rings. The van der Waals surface area contributed by atoms with E-state index in [1.54, 1.807) is 30.9 Å². The second-order valence-electron chi connectivity index (χ2n) is 4.81. The van der Waals surface area contributed by atoms with Crippen LogP contribution in [-0.2, 0) is 11.3 Å². The molecule has 1 amide bonds. The van der Waals surface area contributed by atoms with Crippen LogP contribution in [0.5, 0.6) is 0 Å². The van der Waals surface area contributed by atoms with E-state index >= 15 is 0 Å². The lowest BCUT2D eigenvalue weighted by Gasteiger charge is -2.09. The van der Waals surface area contributed by atoms with Gasteiger partial charge < -0.3 is 10.6 Å². The summed E-state index contributed by atoms with van der Waals surface area (Å²) in [5.41, 5.74) is 2.30. The quantitative estimate of drug-likeness (QED) is 0.670. The number of pyridine rings is 2. The average Bonchev–Trinajstić information content (AvgIpc) is 2.63. The number of hydrogen-bond acceptors (Lipinski definition) is 6. The normalized spacial score (nSPS) is 10.2. The number of halogens is 1. The summed E-state index contributed by atoms with van der Waals surface area (Å²) in [5.74, 6) is 1.00. The van der Waals surface area contributed by atoms with Crippen LogP contribution in [0.25, 0.3) is 11.3 Å². The molecule has 0 saturated heterocycles. The van der Waals surface area contributed by atoms with Crippen molar-refractivity contribution < 1.29 is 4.79 Å². The molecule has 0 radical (unpaired) electrons. The smallest absolute Gasteiger partial charge is 0.212 e. The van der Waals surface area contributed by atoms with E-state index in [2.05, 4.69) is 30.6 Å². The van der Waals surface area contributed by atoms with Crippen molar-refractivity contribution in [3.63, 3.8) is 0 Å². The van der Waals surface area contributed by atoms with Gasteiger partial charge in [0.25, 0.3) is 0 Å². The van der Waals surface area contributed by atoms with Crippen LogP contribution in [0.15, 0.2) is 49.2 Å². The molecule has 2 N–H and O–H groups in total. The first-order valence-electron chi connectivity index (χ1n) is 7.07. The minimum Gasteiger partial charge on any atom is -0.365 e. The van der Waals surface area contributed by atoms with Gasteiger partial charge in [-0.2, -0.15) is 0 Å². The number of amides is 1. The molecule has 120 valence electrons. The minimum atomic E-state index is 0.390. The first-order chi connectivity index (χ1) is 11.8. The number of nitrogens with one attached hydrogen (secondary N) is 2. The SMILES string of the molecule is O=CNc1cc(-c2cncc(NCc3ccncc3)n2)c(Cl)cn1. The molecule has 0 saturated carbocycles. The highest BCUT2D eigenvalue weighted by Gasteiger charge is 2.09. The molecule has 0 bridgehead atoms. The lowest BCUT2D eigenvalue weighted by Crippen LogP contribution is -2.03. The molecule has 0 spiro atoms. The lowest BCUT2D eigenvalue weighted by molar-refractivity contribution is -0.105. The number of aromatic nitrogens is 4. The van der Waals surface area contributed by atoms with Crippen LogP contribution in [0.3, 0.4) is 0 Å². The molecular formula is C16H13ClN6O. The predicted molar refractivity (Wildman–Crippen MR) is 91.5 cm³/mol. The second kappa shape index (κ2) is 7.47. The molecule has 0 aromatic carbocycles. The van der Waals surface area contributed by atoms with E-state index in [-0.39, 0.29) is 0 Å². The Morgan fingerprint density at radius 3 is 2.71 bits per heavy atom. The Hall–Kier alpha value is -3.06. The summed E-state index contributed by atoms with van der Waals surface area (Å²) < 4.78 is 0. The third-order valence-electron chi connectivity index (χ3n) is 3.20. The van der Waals surface area contributed by atoms with Gasteiger partial charge in [-0.3, -0.25) is 14.8 Å². The molecule has 0 aliphatic carbocycles. The highest BCUT2D eigenvalue weighted by Crippen LogP contribution is 2.28. The minimum absolute atomic E-state index is 0.390. The van der Waals surface area contributed by atoms with Crippen molar-refractivity contribution in [3.8, 4) is 11.3 Å². The van der Waals surface area contributed by atoms with Gasteiger partial charge in [0.05, 0.1) is 23.1 Å². The molecule has 0 atom stereocenters. The van der Waals surface area contributed by atoms with Crippen molar-refractivity contribution in [2.24, 2.45) is 0 Å². The number of anilines is 2. The molecule has 7 nitrogen and oxygen atoms in total. The molecule has 8 heteroatoms. The molecule has 3 aromatic heterocycles. The number of rotatable bonds is 6. The Balaban J connectivity index is 1.82. The summed E-state index contributed by atoms with van der Waals surface area (Å²) in [7, 11) is 0. The van der Waals surface area contributed by atoms with Gasteiger partial charge in [0.1, 0.15) is 11.6 Å². The van der Waals surface area contributed by atoms with E-state index in [0.29, 0.717) is 40.9 Å². The van der Waals surface area contributed by atoms with E-state index in [0.717, 1.165) is 5.56 Å². The van der Waals surface area contributed by atoms with E-state index in [1.165, 1.54) is 6.20 Å². The van der Waals surface area contributed by atoms with Crippen LogP contribution in [-0.4, -0.2) is 26.3 Å². The summed E-state index contributed by atoms with van der Waals surface area (Å²) in [4.78, 5) is 27.2. The van der Waals surface area contributed by atoms with Crippen LogP contribution in [0.1, 0.15) is 5.56 Å². The molecular weight excluding hydrogens is 328 g/mol. The van der Waals surface area contributed by atoms with Gasteiger partial charge >= 0.3 is 0 Å². The monoisotopic (exact) mass is 340 g/mol. The largest absolute Gasteiger partial charge is 0.365 e. The first-order valence-corrected chi connectivity index (χ1v) is 7.45. The maximum Gasteiger partial charge on any atom is 0.212 e. The zero-order chi connectivity index (χ0) is 16.8. The van der Waals surface area contributed by atoms with Gasteiger partial charge in [-0.15, -0.1) is 0 Å². The number of carbonyl (C=O) groups is 1. The average molecular weight is 341 g/mol. The van der Waals surface area contributed by atoms with Gasteiger partial charge in [-0.1, -0.05) is 11.6 Å². The zero-order valence-electron chi connectivity index (χ0n) is 12.5. The van der Waals surface area contributed by atoms with Gasteiger partial charge in [-0.25, -0.2) is 9.97 Å². The van der Waals surface area contributed by atoms with E-state index < -0.39 is 0 Å². The van der Waals surface area contributed by atoms with Gasteiger partial charge in [-0.05, 0) is 23.8 Å². The Labute approximate surface area is 143 Å². The standard InChI is InChI=1S/C16H13ClN6O/c17-13-7-21-15(22-10-24)5-12(13)14-8-19-9-16(23-14)20-6-11-1-3-18-4-2-11/h1-5,7-10H,6H2,(H,20,23)(H,21,22,24). The van der Waals surface area contributed by atoms with Crippen molar-refractivity contribution in [1.29, 1.82) is 0 Å². The topological polar surface area (TPSA) is 92.7 Å². The Bertz CT molecular complexity index is 843. The molecule has 24 heavy (non-hydrogen) atoms. The Morgan fingerprint density at radius 1 is 1.08 bits per heavy atom. The van der Waals surface area contributed by atoms with Crippen molar-refractivity contribution in [3.05, 3.63) is 59.8 Å². The third kappa shape index (κ3) is 3.82. The third-order valence-corrected chi connectivity index (χ3v) is 3.50. The summed E-state index contributed by atoms with van der Waals surface area (Å²) in [6.07, 6.45) is 8.71. The van der Waals surface area contributed by atoms with Gasteiger partial charge in [0.2, 0.25) is 6.41 Å². The van der Waals surface area contributed by atoms with Crippen LogP contribution in [0, 0.1) is 0 Å². The van der Waals surface area contributed by atoms with Crippen molar-refractivity contribution in [2.75, 3.05) is 10.6 Å². The molecule has 3 rings (SSSR count). The van der Waals surface area contributed by atoms with Crippen molar-refractivity contribution >= 4 is 29.6 Å². The van der Waals surface area contributed by atoms with E-state index in [9.17, 15) is 4.79 Å². The van der Waals surface area contributed by atoms with Crippen LogP contribution >= 0.6 is 11.6 Å². The molecule has 0 unspecified atom stereocenters. The second-order valence-corrected chi connectivity index (χ2v) is 5.22. The zero-order valence-corrected chi connectivity index (χ0v) is 13.2. The summed E-state index contributed by atoms with van der Waals surface area (Å²) >= 11 is 6.18. The Kier molecular flexibility index (Phi) is 4.93. The first kappa shape index (κ1) is 15.8. The predicted octanol–water partition coefficient (Wildman–Crippen LogP) is 2.77. The van der Waals surface area contributed by atoms with Crippen molar-refractivity contribution in [2.45, 2.75) is 6.54 Å². The fraction of sp³-hybridized carbons (Fsp3) is 0.0625. The highest BCUT2D eigenvalue weighted by molar-refractivity contribution is 6.33. The van der Waals surface area contributed by atoms with E-state index in [4.69, 9.17) is 11.6 Å². The fourth-order valence-electron chi connectivity index (χ4n) is 2.05. The van der Waals surface area contributed by atoms with Crippen LogP contribution < -0.4 is 10.6 Å². The maximum absolute atomic E-state index is 10.6. The van der Waals surface area contributed by atoms with Crippen LogP contribution in [0.2, 0.25) is 5.02 Å². The summed E-state index contributed by atoms with van der Waals surface area (Å²) in [6, 6.07) is 5.48. The lowest BCUT2D eigenvalue weighted by atomic mass is 10.2. The molecule has 0 aliphatic rings. The number of hydrogen-bond donors (Lipinski definition) is 2. The van der Waals surface area contributed by atoms with Crippen molar-refractivity contribution in [1.82, 2.24) is 19.9 Å².